The van der Waals surface area contributed by atoms with E-state index in [0.717, 1.165) is 6.26 Å². The van der Waals surface area contributed by atoms with Gasteiger partial charge in [-0.3, -0.25) is 24.6 Å². The average molecular weight is 390 g/mol. The number of carbonyl (C=O) groups is 2. The first-order chi connectivity index (χ1) is 12.0. The van der Waals surface area contributed by atoms with Gasteiger partial charge in [-0.2, -0.15) is 0 Å². The zero-order valence-electron chi connectivity index (χ0n) is 14.8. The highest BCUT2D eigenvalue weighted by Gasteiger charge is 2.31. The van der Waals surface area contributed by atoms with Crippen molar-refractivity contribution in [1.82, 2.24) is 14.9 Å². The Labute approximate surface area is 152 Å². The van der Waals surface area contributed by atoms with Gasteiger partial charge in [0, 0.05) is 26.1 Å². The number of nitrogens with zero attached hydrogens (tertiary/aromatic N) is 3. The van der Waals surface area contributed by atoms with Crippen molar-refractivity contribution in [3.05, 3.63) is 0 Å². The SMILES string of the molecule is CN(C(=O)C[C@@H](N)CCCN=C(N)N)C1CN=C(NS(C)(=O)=O)NC1=O. The third-order valence-electron chi connectivity index (χ3n) is 3.57. The molecule has 1 rings (SSSR count). The lowest BCUT2D eigenvalue weighted by Gasteiger charge is -2.30. The van der Waals surface area contributed by atoms with E-state index in [9.17, 15) is 18.0 Å². The second kappa shape index (κ2) is 9.33. The summed E-state index contributed by atoms with van der Waals surface area (Å²) in [5, 5.41) is 2.32. The van der Waals surface area contributed by atoms with E-state index in [1.807, 2.05) is 0 Å². The number of likely N-dealkylation sites (N-methyl/N-ethyl adjacent to an activating group) is 1. The van der Waals surface area contributed by atoms with E-state index < -0.39 is 28.0 Å². The number of aliphatic imine (C=N–C) groups is 2. The highest BCUT2D eigenvalue weighted by Crippen LogP contribution is 2.08. The van der Waals surface area contributed by atoms with Crippen LogP contribution < -0.4 is 27.2 Å². The van der Waals surface area contributed by atoms with Crippen LogP contribution in [0.3, 0.4) is 0 Å². The summed E-state index contributed by atoms with van der Waals surface area (Å²) in [6.45, 7) is 0.377. The van der Waals surface area contributed by atoms with Gasteiger partial charge in [-0.15, -0.1) is 0 Å². The third kappa shape index (κ3) is 7.65. The molecule has 148 valence electrons. The van der Waals surface area contributed by atoms with Crippen molar-refractivity contribution in [2.45, 2.75) is 31.3 Å². The molecule has 0 bridgehead atoms. The Morgan fingerprint density at radius 3 is 2.69 bits per heavy atom. The normalized spacial score (nSPS) is 18.3. The van der Waals surface area contributed by atoms with Crippen molar-refractivity contribution in [2.75, 3.05) is 26.4 Å². The Balaban J connectivity index is 2.52. The molecule has 1 heterocycles. The lowest BCUT2D eigenvalue weighted by Crippen LogP contribution is -2.57. The van der Waals surface area contributed by atoms with Gasteiger partial charge in [0.1, 0.15) is 6.04 Å². The standard InChI is InChI=1S/C13H26N8O4S/c1-21(10(22)6-8(14)4-3-5-17-12(15)16)9-7-18-13(19-11(9)23)20-26(2,24)25/h8-9H,3-7,14H2,1-2H3,(H4,15,16,17)(H2,18,19,20,23)/t8-,9?/m0/s1. The number of rotatable bonds is 8. The summed E-state index contributed by atoms with van der Waals surface area (Å²) < 4.78 is 24.4. The molecule has 1 aliphatic heterocycles. The van der Waals surface area contributed by atoms with E-state index in [-0.39, 0.29) is 30.8 Å². The molecule has 2 amide bonds. The van der Waals surface area contributed by atoms with Gasteiger partial charge in [0.05, 0.1) is 12.8 Å². The summed E-state index contributed by atoms with van der Waals surface area (Å²) in [4.78, 5) is 33.4. The monoisotopic (exact) mass is 390 g/mol. The summed E-state index contributed by atoms with van der Waals surface area (Å²) in [7, 11) is -2.08. The van der Waals surface area contributed by atoms with Crippen molar-refractivity contribution in [2.24, 2.45) is 27.2 Å². The minimum Gasteiger partial charge on any atom is -0.370 e. The van der Waals surface area contributed by atoms with Crippen LogP contribution in [0.5, 0.6) is 0 Å². The molecular weight excluding hydrogens is 364 g/mol. The van der Waals surface area contributed by atoms with Gasteiger partial charge < -0.3 is 22.1 Å². The predicted octanol–water partition coefficient (Wildman–Crippen LogP) is -3.38. The molecule has 0 spiro atoms. The van der Waals surface area contributed by atoms with Crippen LogP contribution in [0.1, 0.15) is 19.3 Å². The maximum atomic E-state index is 12.3. The molecule has 12 nitrogen and oxygen atoms in total. The smallest absolute Gasteiger partial charge is 0.251 e. The van der Waals surface area contributed by atoms with E-state index in [1.54, 1.807) is 0 Å². The van der Waals surface area contributed by atoms with Gasteiger partial charge in [0.15, 0.2) is 5.96 Å². The Hall–Kier alpha value is -2.41. The summed E-state index contributed by atoms with van der Waals surface area (Å²) in [5.74, 6) is -0.994. The fourth-order valence-corrected chi connectivity index (χ4v) is 2.70. The molecule has 26 heavy (non-hydrogen) atoms. The number of carbonyl (C=O) groups excluding carboxylic acids is 2. The van der Waals surface area contributed by atoms with E-state index in [2.05, 4.69) is 20.0 Å². The van der Waals surface area contributed by atoms with Crippen molar-refractivity contribution >= 4 is 33.8 Å². The predicted molar refractivity (Wildman–Crippen MR) is 97.5 cm³/mol. The fourth-order valence-electron chi connectivity index (χ4n) is 2.24. The zero-order chi connectivity index (χ0) is 19.9. The first kappa shape index (κ1) is 21.6. The third-order valence-corrected chi connectivity index (χ3v) is 4.14. The largest absolute Gasteiger partial charge is 0.370 e. The first-order valence-corrected chi connectivity index (χ1v) is 9.78. The highest BCUT2D eigenvalue weighted by atomic mass is 32.2. The van der Waals surface area contributed by atoms with Gasteiger partial charge in [-0.1, -0.05) is 0 Å². The van der Waals surface area contributed by atoms with Crippen molar-refractivity contribution in [1.29, 1.82) is 0 Å². The summed E-state index contributed by atoms with van der Waals surface area (Å²) in [6, 6.07) is -1.22. The maximum absolute atomic E-state index is 12.3. The molecule has 0 saturated carbocycles. The van der Waals surface area contributed by atoms with Crippen molar-refractivity contribution < 1.29 is 18.0 Å². The minimum atomic E-state index is -3.55. The van der Waals surface area contributed by atoms with Crippen LogP contribution in [0, 0.1) is 0 Å². The lowest BCUT2D eigenvalue weighted by atomic mass is 10.1. The molecule has 0 aliphatic carbocycles. The minimum absolute atomic E-state index is 0.00276. The van der Waals surface area contributed by atoms with Gasteiger partial charge in [0.2, 0.25) is 21.9 Å². The molecule has 0 aromatic carbocycles. The van der Waals surface area contributed by atoms with Crippen LogP contribution in [0.25, 0.3) is 0 Å². The second-order valence-corrected chi connectivity index (χ2v) is 7.73. The molecule has 0 aromatic heterocycles. The number of hydrogen-bond donors (Lipinski definition) is 5. The van der Waals surface area contributed by atoms with Crippen LogP contribution in [-0.4, -0.2) is 75.5 Å². The number of nitrogens with one attached hydrogen (secondary N) is 2. The van der Waals surface area contributed by atoms with Crippen LogP contribution in [-0.2, 0) is 19.6 Å². The number of hydrogen-bond acceptors (Lipinski definition) is 7. The lowest BCUT2D eigenvalue weighted by molar-refractivity contribution is -0.138. The Kier molecular flexibility index (Phi) is 7.76. The number of sulfonamides is 1. The molecule has 13 heteroatoms. The summed E-state index contributed by atoms with van der Waals surface area (Å²) in [6.07, 6.45) is 2.18. The van der Waals surface area contributed by atoms with Crippen LogP contribution in [0.2, 0.25) is 0 Å². The topological polar surface area (TPSA) is 198 Å². The van der Waals surface area contributed by atoms with Crippen molar-refractivity contribution in [3.8, 4) is 0 Å². The van der Waals surface area contributed by atoms with Gasteiger partial charge in [-0.05, 0) is 12.8 Å². The zero-order valence-corrected chi connectivity index (χ0v) is 15.6. The number of guanidine groups is 2. The molecule has 0 fully saturated rings. The Morgan fingerprint density at radius 1 is 1.50 bits per heavy atom. The summed E-state index contributed by atoms with van der Waals surface area (Å²) in [5.41, 5.74) is 16.4. The van der Waals surface area contributed by atoms with Crippen LogP contribution in [0.4, 0.5) is 0 Å². The molecular formula is C13H26N8O4S. The van der Waals surface area contributed by atoms with Crippen LogP contribution >= 0.6 is 0 Å². The molecule has 2 atom stereocenters. The van der Waals surface area contributed by atoms with E-state index in [4.69, 9.17) is 17.2 Å². The molecule has 0 radical (unpaired) electrons. The molecule has 1 unspecified atom stereocenters. The van der Waals surface area contributed by atoms with Gasteiger partial charge in [0.25, 0.3) is 5.91 Å². The number of nitrogens with two attached hydrogens (primary N) is 3. The summed E-state index contributed by atoms with van der Waals surface area (Å²) >= 11 is 0. The Bertz CT molecular complexity index is 686. The van der Waals surface area contributed by atoms with Gasteiger partial charge in [-0.25, -0.2) is 13.4 Å². The quantitative estimate of drug-likeness (QED) is 0.162. The Morgan fingerprint density at radius 2 is 2.15 bits per heavy atom. The molecule has 1 aliphatic rings. The van der Waals surface area contributed by atoms with E-state index in [0.29, 0.717) is 19.4 Å². The first-order valence-electron chi connectivity index (χ1n) is 7.89. The molecule has 0 saturated heterocycles. The van der Waals surface area contributed by atoms with Crippen LogP contribution in [0.15, 0.2) is 9.98 Å². The molecule has 8 N–H and O–H groups in total. The maximum Gasteiger partial charge on any atom is 0.251 e. The van der Waals surface area contributed by atoms with Crippen molar-refractivity contribution in [3.63, 3.8) is 0 Å². The van der Waals surface area contributed by atoms with E-state index in [1.165, 1.54) is 11.9 Å². The van der Waals surface area contributed by atoms with Gasteiger partial charge >= 0.3 is 0 Å². The second-order valence-electron chi connectivity index (χ2n) is 5.99. The number of amides is 2. The van der Waals surface area contributed by atoms with E-state index >= 15 is 0 Å². The highest BCUT2D eigenvalue weighted by molar-refractivity contribution is 7.89. The average Bonchev–Trinajstić information content (AvgIpc) is 2.49. The molecule has 0 aromatic rings. The fraction of sp³-hybridized carbons (Fsp3) is 0.692.